The Balaban J connectivity index is 1.46. The summed E-state index contributed by atoms with van der Waals surface area (Å²) < 4.78 is 10.9. The molecule has 0 atom stereocenters. The van der Waals surface area contributed by atoms with E-state index in [-0.39, 0.29) is 5.91 Å². The van der Waals surface area contributed by atoms with E-state index in [9.17, 15) is 4.79 Å². The van der Waals surface area contributed by atoms with E-state index in [0.29, 0.717) is 5.76 Å². The van der Waals surface area contributed by atoms with Gasteiger partial charge in [-0.3, -0.25) is 4.79 Å². The first-order chi connectivity index (χ1) is 14.1. The van der Waals surface area contributed by atoms with E-state index < -0.39 is 5.41 Å². The van der Waals surface area contributed by atoms with Gasteiger partial charge in [-0.1, -0.05) is 35.0 Å². The van der Waals surface area contributed by atoms with Gasteiger partial charge in [0.25, 0.3) is 0 Å². The van der Waals surface area contributed by atoms with Crippen LogP contribution in [0.4, 0.5) is 5.69 Å². The number of aromatic nitrogens is 1. The number of aryl methyl sites for hydroxylation is 2. The van der Waals surface area contributed by atoms with Crippen molar-refractivity contribution in [2.75, 3.05) is 18.6 Å². The van der Waals surface area contributed by atoms with E-state index in [1.165, 1.54) is 11.1 Å². The van der Waals surface area contributed by atoms with Gasteiger partial charge in [-0.2, -0.15) is 0 Å². The smallest absolute Gasteiger partial charge is 0.239 e. The Morgan fingerprint density at radius 3 is 2.83 bits per heavy atom. The Hall–Kier alpha value is -3.08. The van der Waals surface area contributed by atoms with Crippen LogP contribution in [0.25, 0.3) is 11.3 Å². The lowest BCUT2D eigenvalue weighted by Gasteiger charge is -2.32. The van der Waals surface area contributed by atoms with Gasteiger partial charge in [-0.25, -0.2) is 0 Å². The summed E-state index contributed by atoms with van der Waals surface area (Å²) in [6.45, 7) is 2.86. The molecule has 5 heteroatoms. The molecule has 0 saturated heterocycles. The minimum absolute atomic E-state index is 0.146. The first kappa shape index (κ1) is 18.0. The monoisotopic (exact) mass is 388 g/mol. The maximum Gasteiger partial charge on any atom is 0.239 e. The number of nitrogens with zero attached hydrogens (tertiary/aromatic N) is 2. The van der Waals surface area contributed by atoms with Gasteiger partial charge in [0, 0.05) is 23.9 Å². The molecule has 1 saturated carbocycles. The van der Waals surface area contributed by atoms with Crippen LogP contribution in [0.5, 0.6) is 5.75 Å². The molecule has 0 radical (unpaired) electrons. The third-order valence-electron chi connectivity index (χ3n) is 6.11. The predicted molar refractivity (Wildman–Crippen MR) is 111 cm³/mol. The van der Waals surface area contributed by atoms with Crippen LogP contribution in [0.1, 0.15) is 36.1 Å². The molecule has 2 heterocycles. The molecule has 0 N–H and O–H groups in total. The van der Waals surface area contributed by atoms with E-state index >= 15 is 0 Å². The van der Waals surface area contributed by atoms with Crippen LogP contribution in [0.2, 0.25) is 0 Å². The van der Waals surface area contributed by atoms with Gasteiger partial charge < -0.3 is 14.2 Å². The summed E-state index contributed by atoms with van der Waals surface area (Å²) in [5.41, 5.74) is 4.62. The predicted octanol–water partition coefficient (Wildman–Crippen LogP) is 4.67. The number of methoxy groups -OCH3 is 1. The molecule has 5 nitrogen and oxygen atoms in total. The van der Waals surface area contributed by atoms with Crippen molar-refractivity contribution in [3.63, 3.8) is 0 Å². The van der Waals surface area contributed by atoms with Crippen LogP contribution >= 0.6 is 0 Å². The molecule has 1 aromatic heterocycles. The first-order valence-electron chi connectivity index (χ1n) is 10.1. The molecule has 148 valence electrons. The number of benzene rings is 2. The second-order valence-electron chi connectivity index (χ2n) is 8.08. The third kappa shape index (κ3) is 3.01. The average molecular weight is 388 g/mol. The number of rotatable bonds is 4. The lowest BCUT2D eigenvalue weighted by atomic mass is 9.95. The summed E-state index contributed by atoms with van der Waals surface area (Å²) in [7, 11) is 1.64. The highest BCUT2D eigenvalue weighted by atomic mass is 16.5. The quantitative estimate of drug-likeness (QED) is 0.652. The summed E-state index contributed by atoms with van der Waals surface area (Å²) in [6, 6.07) is 16.0. The highest BCUT2D eigenvalue weighted by Crippen LogP contribution is 2.51. The number of hydrogen-bond donors (Lipinski definition) is 0. The number of ether oxygens (including phenoxy) is 1. The summed E-state index contributed by atoms with van der Waals surface area (Å²) in [5, 5.41) is 4.30. The molecule has 1 fully saturated rings. The number of fused-ring (bicyclic) bond motifs is 1. The molecule has 1 aliphatic carbocycles. The first-order valence-corrected chi connectivity index (χ1v) is 10.1. The van der Waals surface area contributed by atoms with E-state index in [4.69, 9.17) is 9.26 Å². The lowest BCUT2D eigenvalue weighted by molar-refractivity contribution is -0.121. The Morgan fingerprint density at radius 1 is 1.17 bits per heavy atom. The van der Waals surface area contributed by atoms with Crippen molar-refractivity contribution in [3.05, 3.63) is 65.4 Å². The molecular formula is C24H24N2O3. The fourth-order valence-electron chi connectivity index (χ4n) is 4.31. The van der Waals surface area contributed by atoms with Crippen molar-refractivity contribution in [1.29, 1.82) is 0 Å². The highest BCUT2D eigenvalue weighted by Gasteiger charge is 2.56. The molecule has 2 aliphatic rings. The topological polar surface area (TPSA) is 55.6 Å². The van der Waals surface area contributed by atoms with Crippen molar-refractivity contribution < 1.29 is 14.1 Å². The number of carbonyl (C=O) groups excluding carboxylic acids is 1. The maximum absolute atomic E-state index is 13.6. The van der Waals surface area contributed by atoms with Gasteiger partial charge in [0.15, 0.2) is 5.76 Å². The largest absolute Gasteiger partial charge is 0.497 e. The second kappa shape index (κ2) is 6.76. The second-order valence-corrected chi connectivity index (χ2v) is 8.08. The van der Waals surface area contributed by atoms with Crippen LogP contribution in [0.3, 0.4) is 0 Å². The fraction of sp³-hybridized carbons (Fsp3) is 0.333. The Kier molecular flexibility index (Phi) is 4.19. The Labute approximate surface area is 170 Å². The summed E-state index contributed by atoms with van der Waals surface area (Å²) >= 11 is 0. The molecule has 1 amide bonds. The summed E-state index contributed by atoms with van der Waals surface area (Å²) in [5.74, 6) is 1.57. The molecule has 1 aliphatic heterocycles. The SMILES string of the molecule is COc1cccc(-c2cc(C3(C(=O)N4CCCc5cc(C)ccc54)CC3)no2)c1. The van der Waals surface area contributed by atoms with Crippen LogP contribution in [-0.4, -0.2) is 24.7 Å². The van der Waals surface area contributed by atoms with Gasteiger partial charge in [-0.15, -0.1) is 0 Å². The van der Waals surface area contributed by atoms with Gasteiger partial charge in [0.2, 0.25) is 5.91 Å². The molecule has 2 aromatic carbocycles. The average Bonchev–Trinajstić information content (AvgIpc) is 3.41. The molecule has 0 unspecified atom stereocenters. The Bertz CT molecular complexity index is 1080. The zero-order chi connectivity index (χ0) is 20.0. The minimum Gasteiger partial charge on any atom is -0.497 e. The normalized spacial score (nSPS) is 17.0. The third-order valence-corrected chi connectivity index (χ3v) is 6.11. The van der Waals surface area contributed by atoms with Gasteiger partial charge >= 0.3 is 0 Å². The molecule has 29 heavy (non-hydrogen) atoms. The van der Waals surface area contributed by atoms with Crippen molar-refractivity contribution in [1.82, 2.24) is 5.16 Å². The lowest BCUT2D eigenvalue weighted by Crippen LogP contribution is -2.42. The van der Waals surface area contributed by atoms with Crippen molar-refractivity contribution in [3.8, 4) is 17.1 Å². The van der Waals surface area contributed by atoms with Crippen molar-refractivity contribution >= 4 is 11.6 Å². The van der Waals surface area contributed by atoms with E-state index in [2.05, 4.69) is 30.3 Å². The van der Waals surface area contributed by atoms with E-state index in [0.717, 1.165) is 54.9 Å². The van der Waals surface area contributed by atoms with Crippen LogP contribution in [-0.2, 0) is 16.6 Å². The summed E-state index contributed by atoms with van der Waals surface area (Å²) in [6.07, 6.45) is 3.64. The van der Waals surface area contributed by atoms with Gasteiger partial charge in [-0.05, 0) is 56.4 Å². The molecule has 5 rings (SSSR count). The minimum atomic E-state index is -0.555. The number of anilines is 1. The molecular weight excluding hydrogens is 364 g/mol. The van der Waals surface area contributed by atoms with E-state index in [1.807, 2.05) is 35.2 Å². The number of carbonyl (C=O) groups is 1. The van der Waals surface area contributed by atoms with Gasteiger partial charge in [0.05, 0.1) is 18.2 Å². The zero-order valence-corrected chi connectivity index (χ0v) is 16.8. The summed E-state index contributed by atoms with van der Waals surface area (Å²) in [4.78, 5) is 15.6. The number of amides is 1. The van der Waals surface area contributed by atoms with Crippen molar-refractivity contribution in [2.24, 2.45) is 0 Å². The van der Waals surface area contributed by atoms with Crippen molar-refractivity contribution in [2.45, 2.75) is 38.0 Å². The fourth-order valence-corrected chi connectivity index (χ4v) is 4.31. The molecule has 0 bridgehead atoms. The Morgan fingerprint density at radius 2 is 2.03 bits per heavy atom. The maximum atomic E-state index is 13.6. The molecule has 0 spiro atoms. The zero-order valence-electron chi connectivity index (χ0n) is 16.8. The van der Waals surface area contributed by atoms with Crippen LogP contribution < -0.4 is 9.64 Å². The highest BCUT2D eigenvalue weighted by molar-refractivity contribution is 6.03. The van der Waals surface area contributed by atoms with Crippen LogP contribution in [0.15, 0.2) is 53.1 Å². The molecule has 3 aromatic rings. The van der Waals surface area contributed by atoms with E-state index in [1.54, 1.807) is 7.11 Å². The standard InChI is InChI=1S/C24H24N2O3/c1-16-8-9-20-17(13-16)6-4-12-26(20)23(27)24(10-11-24)22-15-21(29-25-22)18-5-3-7-19(14-18)28-2/h3,5,7-9,13-15H,4,6,10-12H2,1-2H3. The van der Waals surface area contributed by atoms with Gasteiger partial charge in [0.1, 0.15) is 5.75 Å². The van der Waals surface area contributed by atoms with Crippen LogP contribution in [0, 0.1) is 6.92 Å². The number of hydrogen-bond acceptors (Lipinski definition) is 4.